The summed E-state index contributed by atoms with van der Waals surface area (Å²) in [5.41, 5.74) is 1.50. The number of ether oxygens (including phenoxy) is 1. The third-order valence-electron chi connectivity index (χ3n) is 6.62. The quantitative estimate of drug-likeness (QED) is 0.215. The largest absolute Gasteiger partial charge is 0.444 e. The molecule has 0 bridgehead atoms. The third-order valence-corrected chi connectivity index (χ3v) is 8.08. The lowest BCUT2D eigenvalue weighted by Crippen LogP contribution is -2.47. The first-order valence-electron chi connectivity index (χ1n) is 13.5. The molecule has 1 N–H and O–H groups in total. The summed E-state index contributed by atoms with van der Waals surface area (Å²) in [7, 11) is -2.86. The number of unbranched alkanes of at least 4 members (excludes halogenated alkanes) is 5. The molecule has 0 spiro atoms. The van der Waals surface area contributed by atoms with Crippen LogP contribution in [-0.2, 0) is 20.2 Å². The van der Waals surface area contributed by atoms with E-state index in [0.717, 1.165) is 25.7 Å². The summed E-state index contributed by atoms with van der Waals surface area (Å²) < 4.78 is 23.7. The maximum absolute atomic E-state index is 12.7. The molecule has 2 rings (SSSR count). The van der Waals surface area contributed by atoms with E-state index in [1.807, 2.05) is 33.8 Å². The predicted octanol–water partition coefficient (Wildman–Crippen LogP) is 8.58. The van der Waals surface area contributed by atoms with Crippen LogP contribution >= 0.6 is 7.37 Å². The minimum absolute atomic E-state index is 0.320. The second-order valence-electron chi connectivity index (χ2n) is 11.1. The number of aryl methyl sites for hydroxylation is 1. The number of carbonyl (C=O) groups is 1. The monoisotopic (exact) mass is 505 g/mol. The van der Waals surface area contributed by atoms with E-state index in [0.29, 0.717) is 12.5 Å². The molecule has 1 fully saturated rings. The normalized spacial score (nSPS) is 22.3. The fourth-order valence-electron chi connectivity index (χ4n) is 4.82. The zero-order valence-corrected chi connectivity index (χ0v) is 23.8. The van der Waals surface area contributed by atoms with Crippen molar-refractivity contribution in [2.75, 3.05) is 13.3 Å². The van der Waals surface area contributed by atoms with Crippen LogP contribution in [-0.4, -0.2) is 30.5 Å². The molecule has 0 heterocycles. The Morgan fingerprint density at radius 2 is 1.77 bits per heavy atom. The van der Waals surface area contributed by atoms with E-state index < -0.39 is 24.6 Å². The van der Waals surface area contributed by atoms with Crippen molar-refractivity contribution in [3.63, 3.8) is 0 Å². The van der Waals surface area contributed by atoms with Gasteiger partial charge in [-0.25, -0.2) is 4.79 Å². The van der Waals surface area contributed by atoms with Crippen LogP contribution in [0.4, 0.5) is 4.79 Å². The van der Waals surface area contributed by atoms with Crippen molar-refractivity contribution < 1.29 is 18.6 Å². The molecule has 0 aromatic heterocycles. The van der Waals surface area contributed by atoms with Gasteiger partial charge in [-0.3, -0.25) is 4.57 Å². The molecule has 6 heteroatoms. The molecule has 1 unspecified atom stereocenters. The average molecular weight is 506 g/mol. The second-order valence-corrected chi connectivity index (χ2v) is 13.5. The Labute approximate surface area is 213 Å². The van der Waals surface area contributed by atoms with E-state index in [1.54, 1.807) is 12.5 Å². The number of nitrogens with one attached hydrogen (secondary N) is 1. The Morgan fingerprint density at radius 3 is 2.40 bits per heavy atom. The standard InChI is InChI=1S/C29H48NO4P/c1-7-9-10-11-12-13-14-24-15-17-25(18-16-24)26-19-20-29(23-26,21-22-35(6,32)33-8-2)30-27(31)34-28(3,4)5/h15-18,21-22,26H,7-14,19-20,23H2,1-6H3,(H,30,31)/t26-,29-,35?/m0/s1. The molecule has 0 saturated heterocycles. The van der Waals surface area contributed by atoms with Crippen LogP contribution in [0.5, 0.6) is 0 Å². The molecule has 0 radical (unpaired) electrons. The fourth-order valence-corrected chi connectivity index (χ4v) is 5.97. The van der Waals surface area contributed by atoms with Crippen molar-refractivity contribution in [1.82, 2.24) is 5.32 Å². The number of alkyl carbamates (subject to hydrolysis) is 1. The molecule has 1 saturated carbocycles. The zero-order chi connectivity index (χ0) is 26.0. The fraction of sp³-hybridized carbons (Fsp3) is 0.690. The van der Waals surface area contributed by atoms with Crippen molar-refractivity contribution in [1.29, 1.82) is 0 Å². The predicted molar refractivity (Wildman–Crippen MR) is 147 cm³/mol. The zero-order valence-electron chi connectivity index (χ0n) is 22.9. The lowest BCUT2D eigenvalue weighted by Gasteiger charge is -2.30. The topological polar surface area (TPSA) is 64.6 Å². The molecule has 1 aliphatic rings. The molecule has 0 aliphatic heterocycles. The van der Waals surface area contributed by atoms with Gasteiger partial charge in [0.1, 0.15) is 5.60 Å². The van der Waals surface area contributed by atoms with Crippen LogP contribution in [0, 0.1) is 0 Å². The van der Waals surface area contributed by atoms with Gasteiger partial charge in [0.15, 0.2) is 0 Å². The van der Waals surface area contributed by atoms with E-state index in [4.69, 9.17) is 9.26 Å². The van der Waals surface area contributed by atoms with Gasteiger partial charge < -0.3 is 14.6 Å². The number of rotatable bonds is 13. The molecule has 5 nitrogen and oxygen atoms in total. The van der Waals surface area contributed by atoms with E-state index in [9.17, 15) is 9.36 Å². The Hall–Kier alpha value is -1.58. The average Bonchev–Trinajstić information content (AvgIpc) is 3.18. The van der Waals surface area contributed by atoms with Crippen LogP contribution in [0.1, 0.15) is 109 Å². The van der Waals surface area contributed by atoms with E-state index >= 15 is 0 Å². The number of amides is 1. The van der Waals surface area contributed by atoms with Crippen LogP contribution in [0.3, 0.4) is 0 Å². The van der Waals surface area contributed by atoms with Gasteiger partial charge >= 0.3 is 6.09 Å². The Morgan fingerprint density at radius 1 is 1.11 bits per heavy atom. The Balaban J connectivity index is 2.06. The maximum atomic E-state index is 12.7. The summed E-state index contributed by atoms with van der Waals surface area (Å²) in [6.45, 7) is 11.7. The minimum Gasteiger partial charge on any atom is -0.444 e. The molecule has 35 heavy (non-hydrogen) atoms. The summed E-state index contributed by atoms with van der Waals surface area (Å²) in [6, 6.07) is 9.01. The lowest BCUT2D eigenvalue weighted by atomic mass is 9.91. The summed E-state index contributed by atoms with van der Waals surface area (Å²) in [5.74, 6) is 1.97. The maximum Gasteiger partial charge on any atom is 0.408 e. The van der Waals surface area contributed by atoms with Crippen LogP contribution in [0.15, 0.2) is 36.2 Å². The lowest BCUT2D eigenvalue weighted by molar-refractivity contribution is 0.0478. The van der Waals surface area contributed by atoms with E-state index in [1.165, 1.54) is 49.7 Å². The minimum atomic E-state index is -2.86. The second kappa shape index (κ2) is 13.7. The van der Waals surface area contributed by atoms with Gasteiger partial charge in [-0.15, -0.1) is 0 Å². The molecule has 1 amide bonds. The smallest absolute Gasteiger partial charge is 0.408 e. The van der Waals surface area contributed by atoms with Crippen molar-refractivity contribution in [3.05, 3.63) is 47.3 Å². The highest BCUT2D eigenvalue weighted by Crippen LogP contribution is 2.48. The highest BCUT2D eigenvalue weighted by molar-refractivity contribution is 7.61. The third kappa shape index (κ3) is 10.9. The Kier molecular flexibility index (Phi) is 11.6. The van der Waals surface area contributed by atoms with Crippen molar-refractivity contribution in [2.24, 2.45) is 0 Å². The van der Waals surface area contributed by atoms with Crippen LogP contribution in [0.25, 0.3) is 0 Å². The first kappa shape index (κ1) is 29.6. The highest BCUT2D eigenvalue weighted by atomic mass is 31.2. The molecule has 1 aromatic carbocycles. The molecule has 198 valence electrons. The van der Waals surface area contributed by atoms with Crippen LogP contribution in [0.2, 0.25) is 0 Å². The molecule has 3 atom stereocenters. The van der Waals surface area contributed by atoms with Gasteiger partial charge in [0.2, 0.25) is 7.37 Å². The molecule has 1 aliphatic carbocycles. The summed E-state index contributed by atoms with van der Waals surface area (Å²) in [5, 5.41) is 3.10. The van der Waals surface area contributed by atoms with Crippen molar-refractivity contribution in [3.8, 4) is 0 Å². The van der Waals surface area contributed by atoms with Crippen molar-refractivity contribution in [2.45, 2.75) is 116 Å². The Bertz CT molecular complexity index is 858. The van der Waals surface area contributed by atoms with E-state index in [2.05, 4.69) is 36.5 Å². The van der Waals surface area contributed by atoms with Crippen LogP contribution < -0.4 is 5.32 Å². The van der Waals surface area contributed by atoms with E-state index in [-0.39, 0.29) is 0 Å². The van der Waals surface area contributed by atoms with Gasteiger partial charge in [0.05, 0.1) is 12.1 Å². The summed E-state index contributed by atoms with van der Waals surface area (Å²) in [4.78, 5) is 12.7. The number of carbonyl (C=O) groups excluding carboxylic acids is 1. The van der Waals surface area contributed by atoms with Gasteiger partial charge in [-0.1, -0.05) is 69.4 Å². The van der Waals surface area contributed by atoms with Crippen molar-refractivity contribution >= 4 is 13.5 Å². The first-order valence-corrected chi connectivity index (χ1v) is 15.6. The SMILES string of the molecule is CCCCCCCCc1ccc([C@H]2CC[C@@](C=CP(C)(=O)OCC)(NC(=O)OC(C)(C)C)C2)cc1. The van der Waals surface area contributed by atoms with Gasteiger partial charge in [0, 0.05) is 6.66 Å². The van der Waals surface area contributed by atoms with Gasteiger partial charge in [-0.2, -0.15) is 0 Å². The molecular weight excluding hydrogens is 457 g/mol. The molecule has 1 aromatic rings. The summed E-state index contributed by atoms with van der Waals surface area (Å²) >= 11 is 0. The number of benzene rings is 1. The number of hydrogen-bond acceptors (Lipinski definition) is 4. The summed E-state index contributed by atoms with van der Waals surface area (Å²) in [6.07, 6.45) is 12.9. The van der Waals surface area contributed by atoms with Gasteiger partial charge in [-0.05, 0) is 82.7 Å². The molecular formula is C29H48NO4P. The number of hydrogen-bond donors (Lipinski definition) is 1. The highest BCUT2D eigenvalue weighted by Gasteiger charge is 2.40. The van der Waals surface area contributed by atoms with Gasteiger partial charge in [0.25, 0.3) is 0 Å². The first-order chi connectivity index (χ1) is 16.5.